The number of benzene rings is 1. The van der Waals surface area contributed by atoms with Crippen LogP contribution in [0, 0.1) is 5.92 Å². The Morgan fingerprint density at radius 1 is 1.29 bits per heavy atom. The van der Waals surface area contributed by atoms with E-state index in [-0.39, 0.29) is 11.7 Å². The molecule has 0 fully saturated rings. The summed E-state index contributed by atoms with van der Waals surface area (Å²) in [7, 11) is 1.32. The molecule has 0 radical (unpaired) electrons. The number of ether oxygens (including phenoxy) is 1. The molecule has 0 aromatic heterocycles. The Kier molecular flexibility index (Phi) is 7.61. The lowest BCUT2D eigenvalue weighted by molar-refractivity contribution is -0.145. The van der Waals surface area contributed by atoms with Gasteiger partial charge in [0.15, 0.2) is 0 Å². The summed E-state index contributed by atoms with van der Waals surface area (Å²) in [6.45, 7) is 3.98. The highest BCUT2D eigenvalue weighted by molar-refractivity contribution is 8.00. The maximum Gasteiger partial charge on any atom is 0.328 e. The largest absolute Gasteiger partial charge is 0.467 e. The van der Waals surface area contributed by atoms with Crippen LogP contribution < -0.4 is 5.32 Å². The summed E-state index contributed by atoms with van der Waals surface area (Å²) in [6, 6.07) is 6.67. The first-order chi connectivity index (χ1) is 9.92. The van der Waals surface area contributed by atoms with Gasteiger partial charge < -0.3 is 10.1 Å². The van der Waals surface area contributed by atoms with Gasteiger partial charge in [-0.25, -0.2) is 4.79 Å². The van der Waals surface area contributed by atoms with E-state index in [0.29, 0.717) is 17.4 Å². The Morgan fingerprint density at radius 3 is 2.43 bits per heavy atom. The Morgan fingerprint density at radius 2 is 1.90 bits per heavy atom. The predicted molar refractivity (Wildman–Crippen MR) is 85.6 cm³/mol. The van der Waals surface area contributed by atoms with E-state index in [1.165, 1.54) is 18.9 Å². The van der Waals surface area contributed by atoms with Crippen LogP contribution in [0.15, 0.2) is 29.2 Å². The fourth-order valence-corrected chi connectivity index (χ4v) is 2.58. The summed E-state index contributed by atoms with van der Waals surface area (Å²) < 4.78 is 4.71. The minimum atomic E-state index is -0.590. The zero-order valence-corrected chi connectivity index (χ0v) is 14.0. The standard InChI is InChI=1S/C15H20ClNO3S/c1-10(2)8-13(15(19)20-3)17-14(18)9-21-12-6-4-11(16)5-7-12/h4-7,10,13H,8-9H2,1-3H3,(H,17,18). The molecule has 1 N–H and O–H groups in total. The Hall–Kier alpha value is -1.20. The summed E-state index contributed by atoms with van der Waals surface area (Å²) >= 11 is 7.20. The number of nitrogens with one attached hydrogen (secondary N) is 1. The lowest BCUT2D eigenvalue weighted by atomic mass is 10.0. The molecule has 0 saturated heterocycles. The van der Waals surface area contributed by atoms with E-state index in [1.807, 2.05) is 26.0 Å². The molecule has 1 atom stereocenters. The molecule has 0 bridgehead atoms. The molecule has 1 rings (SSSR count). The van der Waals surface area contributed by atoms with Crippen LogP contribution in [0.1, 0.15) is 20.3 Å². The number of carbonyl (C=O) groups excluding carboxylic acids is 2. The van der Waals surface area contributed by atoms with Crippen molar-refractivity contribution in [3.63, 3.8) is 0 Å². The van der Waals surface area contributed by atoms with Crippen LogP contribution in [-0.2, 0) is 14.3 Å². The van der Waals surface area contributed by atoms with Gasteiger partial charge in [-0.2, -0.15) is 0 Å². The van der Waals surface area contributed by atoms with Crippen LogP contribution in [0.25, 0.3) is 0 Å². The smallest absolute Gasteiger partial charge is 0.328 e. The highest BCUT2D eigenvalue weighted by Crippen LogP contribution is 2.20. The Bertz CT molecular complexity index is 476. The highest BCUT2D eigenvalue weighted by atomic mass is 35.5. The average Bonchev–Trinajstić information content (AvgIpc) is 2.44. The van der Waals surface area contributed by atoms with Crippen molar-refractivity contribution >= 4 is 35.2 Å². The maximum atomic E-state index is 11.9. The summed E-state index contributed by atoms with van der Waals surface area (Å²) in [4.78, 5) is 24.5. The third-order valence-corrected chi connectivity index (χ3v) is 3.98. The molecule has 0 spiro atoms. The molecule has 1 unspecified atom stereocenters. The van der Waals surface area contributed by atoms with Crippen LogP contribution in [0.4, 0.5) is 0 Å². The summed E-state index contributed by atoms with van der Waals surface area (Å²) in [5.74, 6) is -0.0643. The van der Waals surface area contributed by atoms with Gasteiger partial charge in [0, 0.05) is 9.92 Å². The average molecular weight is 330 g/mol. The number of thioether (sulfide) groups is 1. The van der Waals surface area contributed by atoms with Gasteiger partial charge in [0.05, 0.1) is 12.9 Å². The van der Waals surface area contributed by atoms with Crippen LogP contribution in [0.5, 0.6) is 0 Å². The molecular weight excluding hydrogens is 310 g/mol. The lowest BCUT2D eigenvalue weighted by Crippen LogP contribution is -2.43. The van der Waals surface area contributed by atoms with Crippen molar-refractivity contribution in [2.75, 3.05) is 12.9 Å². The number of hydrogen-bond acceptors (Lipinski definition) is 4. The van der Waals surface area contributed by atoms with Crippen molar-refractivity contribution in [3.8, 4) is 0 Å². The second-order valence-electron chi connectivity index (χ2n) is 5.02. The third-order valence-electron chi connectivity index (χ3n) is 2.71. The monoisotopic (exact) mass is 329 g/mol. The molecule has 116 valence electrons. The van der Waals surface area contributed by atoms with Gasteiger partial charge in [0.25, 0.3) is 0 Å². The van der Waals surface area contributed by atoms with Gasteiger partial charge >= 0.3 is 5.97 Å². The summed E-state index contributed by atoms with van der Waals surface area (Å²) in [5.41, 5.74) is 0. The number of carbonyl (C=O) groups is 2. The van der Waals surface area contributed by atoms with E-state index in [1.54, 1.807) is 12.1 Å². The van der Waals surface area contributed by atoms with Gasteiger partial charge in [0.1, 0.15) is 6.04 Å². The Labute approximate surface area is 134 Å². The summed E-state index contributed by atoms with van der Waals surface area (Å²) in [5, 5.41) is 3.38. The number of esters is 1. The van der Waals surface area contributed by atoms with Crippen LogP contribution in [0.3, 0.4) is 0 Å². The Balaban J connectivity index is 2.49. The molecule has 0 aliphatic rings. The van der Waals surface area contributed by atoms with Crippen molar-refractivity contribution in [1.82, 2.24) is 5.32 Å². The van der Waals surface area contributed by atoms with Gasteiger partial charge in [-0.3, -0.25) is 4.79 Å². The summed E-state index contributed by atoms with van der Waals surface area (Å²) in [6.07, 6.45) is 0.560. The molecule has 6 heteroatoms. The second-order valence-corrected chi connectivity index (χ2v) is 6.50. The van der Waals surface area contributed by atoms with Gasteiger partial charge in [-0.1, -0.05) is 25.4 Å². The SMILES string of the molecule is COC(=O)C(CC(C)C)NC(=O)CSc1ccc(Cl)cc1. The maximum absolute atomic E-state index is 11.9. The number of rotatable bonds is 7. The first-order valence-corrected chi connectivity index (χ1v) is 8.04. The molecule has 21 heavy (non-hydrogen) atoms. The molecule has 0 saturated carbocycles. The normalized spacial score (nSPS) is 12.0. The van der Waals surface area contributed by atoms with Crippen molar-refractivity contribution in [2.24, 2.45) is 5.92 Å². The fraction of sp³-hybridized carbons (Fsp3) is 0.467. The van der Waals surface area contributed by atoms with E-state index >= 15 is 0 Å². The van der Waals surface area contributed by atoms with Gasteiger partial charge in [-0.15, -0.1) is 11.8 Å². The molecule has 1 amide bonds. The molecule has 1 aromatic rings. The number of amides is 1. The number of methoxy groups -OCH3 is 1. The van der Waals surface area contributed by atoms with Crippen LogP contribution >= 0.6 is 23.4 Å². The quantitative estimate of drug-likeness (QED) is 0.617. The van der Waals surface area contributed by atoms with E-state index in [0.717, 1.165) is 4.90 Å². The van der Waals surface area contributed by atoms with E-state index in [4.69, 9.17) is 16.3 Å². The molecule has 0 aliphatic heterocycles. The third kappa shape index (κ3) is 6.87. The zero-order chi connectivity index (χ0) is 15.8. The minimum Gasteiger partial charge on any atom is -0.467 e. The van der Waals surface area contributed by atoms with Crippen molar-refractivity contribution < 1.29 is 14.3 Å². The first kappa shape index (κ1) is 17.9. The van der Waals surface area contributed by atoms with Crippen molar-refractivity contribution in [1.29, 1.82) is 0 Å². The molecule has 0 heterocycles. The van der Waals surface area contributed by atoms with E-state index < -0.39 is 12.0 Å². The zero-order valence-electron chi connectivity index (χ0n) is 12.4. The molecule has 1 aromatic carbocycles. The van der Waals surface area contributed by atoms with Crippen molar-refractivity contribution in [3.05, 3.63) is 29.3 Å². The molecular formula is C15H20ClNO3S. The highest BCUT2D eigenvalue weighted by Gasteiger charge is 2.22. The van der Waals surface area contributed by atoms with Gasteiger partial charge in [-0.05, 0) is 36.6 Å². The second kappa shape index (κ2) is 8.95. The lowest BCUT2D eigenvalue weighted by Gasteiger charge is -2.18. The molecule has 0 aliphatic carbocycles. The van der Waals surface area contributed by atoms with Crippen molar-refractivity contribution in [2.45, 2.75) is 31.2 Å². The van der Waals surface area contributed by atoms with Gasteiger partial charge in [0.2, 0.25) is 5.91 Å². The number of hydrogen-bond donors (Lipinski definition) is 1. The van der Waals surface area contributed by atoms with Crippen LogP contribution in [0.2, 0.25) is 5.02 Å². The first-order valence-electron chi connectivity index (χ1n) is 6.68. The van der Waals surface area contributed by atoms with E-state index in [2.05, 4.69) is 5.32 Å². The van der Waals surface area contributed by atoms with E-state index in [9.17, 15) is 9.59 Å². The number of halogens is 1. The predicted octanol–water partition coefficient (Wildman–Crippen LogP) is 3.14. The minimum absolute atomic E-state index is 0.189. The fourth-order valence-electron chi connectivity index (χ4n) is 1.74. The topological polar surface area (TPSA) is 55.4 Å². The van der Waals surface area contributed by atoms with Crippen LogP contribution in [-0.4, -0.2) is 30.8 Å². The molecule has 4 nitrogen and oxygen atoms in total.